The molecule has 0 aromatic heterocycles. The minimum Gasteiger partial charge on any atom is -0.486 e. The largest absolute Gasteiger partial charge is 0.486 e. The van der Waals surface area contributed by atoms with Gasteiger partial charge in [0, 0.05) is 42.5 Å². The van der Waals surface area contributed by atoms with Gasteiger partial charge in [-0.2, -0.15) is 13.2 Å². The number of hydrogen-bond acceptors (Lipinski definition) is 3. The molecule has 34 heavy (non-hydrogen) atoms. The molecule has 178 valence electrons. The number of amides is 3. The Labute approximate surface area is 194 Å². The maximum atomic E-state index is 13.2. The number of urea groups is 1. The number of alkyl halides is 3. The lowest BCUT2D eigenvalue weighted by Crippen LogP contribution is -2.45. The summed E-state index contributed by atoms with van der Waals surface area (Å²) in [4.78, 5) is 26.7. The number of halogens is 3. The third-order valence-electron chi connectivity index (χ3n) is 6.71. The molecular weight excluding hydrogens is 447 g/mol. The zero-order chi connectivity index (χ0) is 24.1. The third-order valence-corrected chi connectivity index (χ3v) is 6.71. The number of carbonyl (C=O) groups excluding carboxylic acids is 2. The molecule has 2 aromatic rings. The number of fused-ring (bicyclic) bond motifs is 2. The summed E-state index contributed by atoms with van der Waals surface area (Å²) >= 11 is 0. The number of nitrogens with one attached hydrogen (secondary N) is 2. The lowest BCUT2D eigenvalue weighted by Gasteiger charge is -2.46. The topological polar surface area (TPSA) is 70.7 Å². The van der Waals surface area contributed by atoms with E-state index < -0.39 is 23.2 Å². The highest BCUT2D eigenvalue weighted by atomic mass is 19.4. The van der Waals surface area contributed by atoms with Gasteiger partial charge in [-0.1, -0.05) is 12.1 Å². The van der Waals surface area contributed by atoms with Crippen LogP contribution in [0.15, 0.2) is 42.5 Å². The van der Waals surface area contributed by atoms with E-state index in [1.165, 1.54) is 12.1 Å². The summed E-state index contributed by atoms with van der Waals surface area (Å²) in [6.07, 6.45) is -0.163. The molecule has 1 spiro atoms. The third kappa shape index (κ3) is 4.10. The Bertz CT molecular complexity index is 1200. The Hall–Kier alpha value is -3.49. The lowest BCUT2D eigenvalue weighted by molar-refractivity contribution is -0.138. The second kappa shape index (κ2) is 8.07. The minimum atomic E-state index is -4.47. The van der Waals surface area contributed by atoms with Crippen LogP contribution in [0.4, 0.5) is 29.3 Å². The van der Waals surface area contributed by atoms with Gasteiger partial charge in [-0.05, 0) is 61.6 Å². The molecule has 2 heterocycles. The minimum absolute atomic E-state index is 0.164. The highest BCUT2D eigenvalue weighted by Gasteiger charge is 2.44. The molecule has 1 fully saturated rings. The van der Waals surface area contributed by atoms with Crippen molar-refractivity contribution in [3.63, 3.8) is 0 Å². The zero-order valence-corrected chi connectivity index (χ0v) is 18.6. The normalized spacial score (nSPS) is 19.6. The van der Waals surface area contributed by atoms with E-state index in [2.05, 4.69) is 10.6 Å². The van der Waals surface area contributed by atoms with Gasteiger partial charge in [-0.25, -0.2) is 4.79 Å². The van der Waals surface area contributed by atoms with Crippen molar-refractivity contribution in [1.82, 2.24) is 4.90 Å². The average molecular weight is 471 g/mol. The number of ether oxygens (including phenoxy) is 1. The van der Waals surface area contributed by atoms with Crippen molar-refractivity contribution in [2.75, 3.05) is 17.2 Å². The summed E-state index contributed by atoms with van der Waals surface area (Å²) < 4.78 is 45.7. The fourth-order valence-corrected chi connectivity index (χ4v) is 4.71. The first-order valence-corrected chi connectivity index (χ1v) is 11.3. The SMILES string of the molecule is CCN1Cc2ccc(NC(=O)/C=C3\CC4(CCC4)Oc4cc(C(F)(F)F)ccc43)cc2NC1=O. The molecule has 0 atom stereocenters. The van der Waals surface area contributed by atoms with Gasteiger partial charge in [0.05, 0.1) is 5.56 Å². The summed E-state index contributed by atoms with van der Waals surface area (Å²) in [7, 11) is 0. The van der Waals surface area contributed by atoms with E-state index in [0.717, 1.165) is 37.0 Å². The van der Waals surface area contributed by atoms with Gasteiger partial charge in [0.2, 0.25) is 5.91 Å². The molecule has 0 unspecified atom stereocenters. The maximum absolute atomic E-state index is 13.2. The van der Waals surface area contributed by atoms with Gasteiger partial charge in [-0.15, -0.1) is 0 Å². The first-order valence-electron chi connectivity index (χ1n) is 11.3. The standard InChI is InChI=1S/C25H24F3N3O3/c1-2-31-14-15-4-6-18(12-20(15)30-23(31)33)29-22(32)10-16-13-24(8-3-9-24)34-21-11-17(25(26,27)28)5-7-19(16)21/h4-7,10-12H,2-3,8-9,13-14H2,1H3,(H,29,32)(H,30,33)/b16-10+. The van der Waals surface area contributed by atoms with Crippen LogP contribution in [0.1, 0.15) is 49.3 Å². The zero-order valence-electron chi connectivity index (χ0n) is 18.6. The number of nitrogens with zero attached hydrogens (tertiary/aromatic N) is 1. The van der Waals surface area contributed by atoms with E-state index in [1.54, 1.807) is 17.0 Å². The molecule has 2 aromatic carbocycles. The van der Waals surface area contributed by atoms with Crippen molar-refractivity contribution < 1.29 is 27.5 Å². The van der Waals surface area contributed by atoms with Gasteiger partial charge >= 0.3 is 12.2 Å². The fourth-order valence-electron chi connectivity index (χ4n) is 4.71. The van der Waals surface area contributed by atoms with E-state index in [9.17, 15) is 22.8 Å². The molecule has 3 amide bonds. The number of carbonyl (C=O) groups is 2. The summed E-state index contributed by atoms with van der Waals surface area (Å²) in [5, 5.41) is 5.63. The first-order chi connectivity index (χ1) is 16.2. The van der Waals surface area contributed by atoms with E-state index in [-0.39, 0.29) is 11.8 Å². The van der Waals surface area contributed by atoms with Crippen LogP contribution in [0.2, 0.25) is 0 Å². The number of hydrogen-bond donors (Lipinski definition) is 2. The highest BCUT2D eigenvalue weighted by molar-refractivity contribution is 6.05. The second-order valence-electron chi connectivity index (χ2n) is 9.00. The second-order valence-corrected chi connectivity index (χ2v) is 9.00. The van der Waals surface area contributed by atoms with E-state index in [1.807, 2.05) is 13.0 Å². The van der Waals surface area contributed by atoms with Crippen molar-refractivity contribution in [3.8, 4) is 5.75 Å². The van der Waals surface area contributed by atoms with Crippen LogP contribution >= 0.6 is 0 Å². The molecule has 0 radical (unpaired) electrons. The molecule has 0 bridgehead atoms. The first kappa shape index (κ1) is 22.3. The Balaban J connectivity index is 1.40. The van der Waals surface area contributed by atoms with Crippen LogP contribution in [-0.2, 0) is 17.5 Å². The molecular formula is C25H24F3N3O3. The van der Waals surface area contributed by atoms with Crippen LogP contribution < -0.4 is 15.4 Å². The number of benzene rings is 2. The average Bonchev–Trinajstić information content (AvgIpc) is 2.76. The molecule has 3 aliphatic rings. The predicted molar refractivity (Wildman–Crippen MR) is 121 cm³/mol. The van der Waals surface area contributed by atoms with Gasteiger partial charge in [-0.3, -0.25) is 4.79 Å². The van der Waals surface area contributed by atoms with Gasteiger partial charge in [0.25, 0.3) is 0 Å². The molecule has 1 saturated carbocycles. The van der Waals surface area contributed by atoms with Crippen LogP contribution in [0.25, 0.3) is 5.57 Å². The number of anilines is 2. The van der Waals surface area contributed by atoms with Crippen LogP contribution in [0.3, 0.4) is 0 Å². The van der Waals surface area contributed by atoms with E-state index in [4.69, 9.17) is 4.74 Å². The Morgan fingerprint density at radius 1 is 1.24 bits per heavy atom. The van der Waals surface area contributed by atoms with Crippen LogP contribution in [0, 0.1) is 0 Å². The molecule has 6 nitrogen and oxygen atoms in total. The van der Waals surface area contributed by atoms with E-state index in [0.29, 0.717) is 42.0 Å². The van der Waals surface area contributed by atoms with Crippen LogP contribution in [-0.4, -0.2) is 29.0 Å². The quantitative estimate of drug-likeness (QED) is 0.556. The molecule has 2 aliphatic heterocycles. The molecule has 0 saturated heterocycles. The predicted octanol–water partition coefficient (Wildman–Crippen LogP) is 5.80. The summed E-state index contributed by atoms with van der Waals surface area (Å²) in [5.74, 6) is -0.230. The molecule has 9 heteroatoms. The lowest BCUT2D eigenvalue weighted by atomic mass is 9.72. The Morgan fingerprint density at radius 3 is 2.71 bits per heavy atom. The highest BCUT2D eigenvalue weighted by Crippen LogP contribution is 2.50. The Morgan fingerprint density at radius 2 is 2.03 bits per heavy atom. The van der Waals surface area contributed by atoms with Crippen molar-refractivity contribution in [2.45, 2.75) is 50.9 Å². The smallest absolute Gasteiger partial charge is 0.416 e. The summed E-state index contributed by atoms with van der Waals surface area (Å²) in [5.41, 5.74) is 1.93. The Kier molecular flexibility index (Phi) is 5.30. The molecule has 1 aliphatic carbocycles. The van der Waals surface area contributed by atoms with Crippen molar-refractivity contribution in [3.05, 3.63) is 59.2 Å². The van der Waals surface area contributed by atoms with Gasteiger partial charge < -0.3 is 20.3 Å². The van der Waals surface area contributed by atoms with Gasteiger partial charge in [0.1, 0.15) is 11.4 Å². The summed E-state index contributed by atoms with van der Waals surface area (Å²) in [6.45, 7) is 2.99. The van der Waals surface area contributed by atoms with Crippen molar-refractivity contribution in [1.29, 1.82) is 0 Å². The van der Waals surface area contributed by atoms with Crippen molar-refractivity contribution >= 4 is 28.9 Å². The van der Waals surface area contributed by atoms with E-state index >= 15 is 0 Å². The molecule has 2 N–H and O–H groups in total. The number of rotatable bonds is 3. The summed E-state index contributed by atoms with van der Waals surface area (Å²) in [6, 6.07) is 8.54. The maximum Gasteiger partial charge on any atom is 0.416 e. The monoisotopic (exact) mass is 471 g/mol. The van der Waals surface area contributed by atoms with Gasteiger partial charge in [0.15, 0.2) is 0 Å². The molecule has 5 rings (SSSR count). The fraction of sp³-hybridized carbons (Fsp3) is 0.360. The van der Waals surface area contributed by atoms with Crippen LogP contribution in [0.5, 0.6) is 5.75 Å². The van der Waals surface area contributed by atoms with Crippen molar-refractivity contribution in [2.24, 2.45) is 0 Å².